The molecule has 0 atom stereocenters. The van der Waals surface area contributed by atoms with Gasteiger partial charge in [-0.1, -0.05) is 0 Å². The number of nitrogens with one attached hydrogen (secondary N) is 1. The Morgan fingerprint density at radius 3 is 2.94 bits per heavy atom. The molecule has 0 bridgehead atoms. The van der Waals surface area contributed by atoms with Gasteiger partial charge in [0.15, 0.2) is 0 Å². The number of rotatable bonds is 6. The average Bonchev–Trinajstić information content (AvgIpc) is 2.24. The summed E-state index contributed by atoms with van der Waals surface area (Å²) in [5.74, 6) is 0.578. The van der Waals surface area contributed by atoms with Gasteiger partial charge < -0.3 is 10.4 Å². The smallest absolute Gasteiger partial charge is 0.339 e. The number of nitrogens with zero attached hydrogens (tertiary/aromatic N) is 2. The molecular weight excluding hydrogens is 226 g/mol. The van der Waals surface area contributed by atoms with E-state index in [1.165, 1.54) is 6.20 Å². The van der Waals surface area contributed by atoms with E-state index in [-0.39, 0.29) is 5.56 Å². The molecule has 0 aliphatic rings. The molecule has 6 heteroatoms. The van der Waals surface area contributed by atoms with E-state index in [1.807, 2.05) is 0 Å². The minimum absolute atomic E-state index is 0.148. The van der Waals surface area contributed by atoms with Crippen molar-refractivity contribution in [2.24, 2.45) is 0 Å². The van der Waals surface area contributed by atoms with E-state index in [1.54, 1.807) is 18.7 Å². The molecule has 0 aliphatic carbocycles. The third-order valence-electron chi connectivity index (χ3n) is 2.02. The van der Waals surface area contributed by atoms with E-state index in [0.717, 1.165) is 18.7 Å². The quantitative estimate of drug-likeness (QED) is 0.738. The van der Waals surface area contributed by atoms with Gasteiger partial charge in [0.2, 0.25) is 5.95 Å². The highest BCUT2D eigenvalue weighted by Gasteiger charge is 2.09. The third-order valence-corrected chi connectivity index (χ3v) is 2.72. The molecular formula is C10H15N3O2S. The summed E-state index contributed by atoms with van der Waals surface area (Å²) < 4.78 is 0. The highest BCUT2D eigenvalue weighted by atomic mass is 32.2. The Labute approximate surface area is 98.7 Å². The summed E-state index contributed by atoms with van der Waals surface area (Å²) in [6.45, 7) is 2.46. The molecule has 88 valence electrons. The fourth-order valence-electron chi connectivity index (χ4n) is 1.18. The van der Waals surface area contributed by atoms with Gasteiger partial charge in [-0.05, 0) is 25.4 Å². The number of carbonyl (C=O) groups is 1. The summed E-state index contributed by atoms with van der Waals surface area (Å²) >= 11 is 1.79. The minimum atomic E-state index is -0.994. The fourth-order valence-corrected chi connectivity index (χ4v) is 1.61. The number of carboxylic acids is 1. The number of thioether (sulfide) groups is 1. The molecule has 16 heavy (non-hydrogen) atoms. The molecule has 1 rings (SSSR count). The van der Waals surface area contributed by atoms with Crippen molar-refractivity contribution in [2.75, 3.05) is 23.9 Å². The predicted octanol–water partition coefficient (Wildman–Crippen LogP) is 1.65. The Balaban J connectivity index is 2.56. The van der Waals surface area contributed by atoms with Crippen LogP contribution >= 0.6 is 11.8 Å². The highest BCUT2D eigenvalue weighted by Crippen LogP contribution is 2.07. The van der Waals surface area contributed by atoms with Gasteiger partial charge in [-0.2, -0.15) is 11.8 Å². The molecule has 0 fully saturated rings. The first-order valence-electron chi connectivity index (χ1n) is 4.95. The van der Waals surface area contributed by atoms with E-state index >= 15 is 0 Å². The monoisotopic (exact) mass is 241 g/mol. The van der Waals surface area contributed by atoms with Gasteiger partial charge in [-0.25, -0.2) is 14.8 Å². The van der Waals surface area contributed by atoms with Crippen molar-refractivity contribution in [2.45, 2.75) is 13.3 Å². The van der Waals surface area contributed by atoms with Gasteiger partial charge >= 0.3 is 5.97 Å². The Kier molecular flexibility index (Phi) is 5.04. The maximum Gasteiger partial charge on any atom is 0.339 e. The summed E-state index contributed by atoms with van der Waals surface area (Å²) in [4.78, 5) is 18.8. The van der Waals surface area contributed by atoms with Crippen molar-refractivity contribution in [3.63, 3.8) is 0 Å². The number of hydrogen-bond donors (Lipinski definition) is 2. The zero-order chi connectivity index (χ0) is 12.0. The SMILES string of the molecule is CSCCCNc1ncc(C(=O)O)c(C)n1. The van der Waals surface area contributed by atoms with Crippen LogP contribution in [0.5, 0.6) is 0 Å². The van der Waals surface area contributed by atoms with Gasteiger partial charge in [0.1, 0.15) is 0 Å². The lowest BCUT2D eigenvalue weighted by atomic mass is 10.2. The second-order valence-corrected chi connectivity index (χ2v) is 4.26. The summed E-state index contributed by atoms with van der Waals surface area (Å²) in [5.41, 5.74) is 0.629. The number of anilines is 1. The lowest BCUT2D eigenvalue weighted by Crippen LogP contribution is -2.09. The summed E-state index contributed by atoms with van der Waals surface area (Å²) in [6, 6.07) is 0. The number of aromatic carboxylic acids is 1. The standard InChI is InChI=1S/C10H15N3O2S/c1-7-8(9(14)15)6-12-10(13-7)11-4-3-5-16-2/h6H,3-5H2,1-2H3,(H,14,15)(H,11,12,13). The second kappa shape index (κ2) is 6.32. The lowest BCUT2D eigenvalue weighted by Gasteiger charge is -2.05. The Morgan fingerprint density at radius 1 is 1.62 bits per heavy atom. The van der Waals surface area contributed by atoms with Gasteiger partial charge in [-0.15, -0.1) is 0 Å². The lowest BCUT2D eigenvalue weighted by molar-refractivity contribution is 0.0695. The number of carboxylic acid groups (broad SMARTS) is 1. The predicted molar refractivity (Wildman–Crippen MR) is 65.2 cm³/mol. The molecule has 0 saturated heterocycles. The largest absolute Gasteiger partial charge is 0.478 e. The number of hydrogen-bond acceptors (Lipinski definition) is 5. The van der Waals surface area contributed by atoms with Crippen LogP contribution < -0.4 is 5.32 Å². The molecule has 0 amide bonds. The van der Waals surface area contributed by atoms with Crippen molar-refractivity contribution >= 4 is 23.7 Å². The van der Waals surface area contributed by atoms with Gasteiger partial charge in [0.05, 0.1) is 11.3 Å². The van der Waals surface area contributed by atoms with Crippen LogP contribution in [0.4, 0.5) is 5.95 Å². The summed E-state index contributed by atoms with van der Waals surface area (Å²) in [5, 5.41) is 11.9. The molecule has 5 nitrogen and oxygen atoms in total. The first-order valence-corrected chi connectivity index (χ1v) is 6.34. The normalized spacial score (nSPS) is 10.1. The van der Waals surface area contributed by atoms with E-state index in [4.69, 9.17) is 5.11 Å². The zero-order valence-electron chi connectivity index (χ0n) is 9.36. The molecule has 0 unspecified atom stereocenters. The Bertz CT molecular complexity index is 371. The van der Waals surface area contributed by atoms with E-state index in [0.29, 0.717) is 11.6 Å². The average molecular weight is 241 g/mol. The van der Waals surface area contributed by atoms with Gasteiger partial charge in [0.25, 0.3) is 0 Å². The Hall–Kier alpha value is -1.30. The molecule has 0 spiro atoms. The molecule has 1 heterocycles. The van der Waals surface area contributed by atoms with Crippen LogP contribution in [0.15, 0.2) is 6.20 Å². The van der Waals surface area contributed by atoms with Crippen LogP contribution in [-0.2, 0) is 0 Å². The van der Waals surface area contributed by atoms with E-state index < -0.39 is 5.97 Å². The Morgan fingerprint density at radius 2 is 2.38 bits per heavy atom. The summed E-state index contributed by atoms with van der Waals surface area (Å²) in [6.07, 6.45) is 4.42. The van der Waals surface area contributed by atoms with Crippen molar-refractivity contribution in [3.05, 3.63) is 17.5 Å². The zero-order valence-corrected chi connectivity index (χ0v) is 10.2. The maximum atomic E-state index is 10.7. The number of aryl methyl sites for hydroxylation is 1. The van der Waals surface area contributed by atoms with Crippen LogP contribution in [0.1, 0.15) is 22.5 Å². The molecule has 1 aromatic rings. The van der Waals surface area contributed by atoms with Crippen LogP contribution in [0, 0.1) is 6.92 Å². The van der Waals surface area contributed by atoms with Crippen molar-refractivity contribution < 1.29 is 9.90 Å². The van der Waals surface area contributed by atoms with Crippen molar-refractivity contribution in [3.8, 4) is 0 Å². The molecule has 0 saturated carbocycles. The highest BCUT2D eigenvalue weighted by molar-refractivity contribution is 7.98. The second-order valence-electron chi connectivity index (χ2n) is 3.27. The van der Waals surface area contributed by atoms with Gasteiger partial charge in [-0.3, -0.25) is 0 Å². The topological polar surface area (TPSA) is 75.1 Å². The third kappa shape index (κ3) is 3.69. The van der Waals surface area contributed by atoms with Crippen LogP contribution in [0.25, 0.3) is 0 Å². The van der Waals surface area contributed by atoms with Crippen LogP contribution in [0.2, 0.25) is 0 Å². The molecule has 1 aromatic heterocycles. The van der Waals surface area contributed by atoms with E-state index in [9.17, 15) is 4.79 Å². The minimum Gasteiger partial charge on any atom is -0.478 e. The molecule has 0 radical (unpaired) electrons. The van der Waals surface area contributed by atoms with E-state index in [2.05, 4.69) is 21.5 Å². The molecule has 0 aliphatic heterocycles. The first kappa shape index (κ1) is 12.8. The number of aromatic nitrogens is 2. The van der Waals surface area contributed by atoms with Crippen LogP contribution in [-0.4, -0.2) is 39.6 Å². The van der Waals surface area contributed by atoms with Crippen LogP contribution in [0.3, 0.4) is 0 Å². The van der Waals surface area contributed by atoms with Crippen molar-refractivity contribution in [1.29, 1.82) is 0 Å². The fraction of sp³-hybridized carbons (Fsp3) is 0.500. The first-order chi connectivity index (χ1) is 7.65. The van der Waals surface area contributed by atoms with Crippen molar-refractivity contribution in [1.82, 2.24) is 9.97 Å². The summed E-state index contributed by atoms with van der Waals surface area (Å²) in [7, 11) is 0. The maximum absolute atomic E-state index is 10.7. The molecule has 2 N–H and O–H groups in total. The van der Waals surface area contributed by atoms with Gasteiger partial charge in [0, 0.05) is 12.7 Å². The molecule has 0 aromatic carbocycles.